The fourth-order valence-corrected chi connectivity index (χ4v) is 4.97. The standard InChI is InChI=1S/C22H18ClN3O4S/c1-30-22(27)15-6-7-17(14-4-5-14)21(11-15)31(28,29)25-19-10-16(13-24)18(23)12-20(19)26-8-2-3-9-26/h2-3,6-12,14,25H,4-5H2,1H3. The first-order valence-electron chi connectivity index (χ1n) is 9.46. The maximum absolute atomic E-state index is 13.4. The van der Waals surface area contributed by atoms with Gasteiger partial charge in [0.1, 0.15) is 6.07 Å². The van der Waals surface area contributed by atoms with Gasteiger partial charge in [-0.15, -0.1) is 0 Å². The Balaban J connectivity index is 1.83. The highest BCUT2D eigenvalue weighted by molar-refractivity contribution is 7.92. The highest BCUT2D eigenvalue weighted by Gasteiger charge is 2.32. The lowest BCUT2D eigenvalue weighted by atomic mass is 10.1. The largest absolute Gasteiger partial charge is 0.465 e. The smallest absolute Gasteiger partial charge is 0.337 e. The molecule has 1 aliphatic carbocycles. The van der Waals surface area contributed by atoms with Crippen molar-refractivity contribution in [1.82, 2.24) is 4.57 Å². The van der Waals surface area contributed by atoms with Crippen LogP contribution in [0.25, 0.3) is 5.69 Å². The number of esters is 1. The van der Waals surface area contributed by atoms with Gasteiger partial charge in [0.2, 0.25) is 0 Å². The van der Waals surface area contributed by atoms with Gasteiger partial charge in [-0.25, -0.2) is 13.2 Å². The Bertz CT molecular complexity index is 1310. The summed E-state index contributed by atoms with van der Waals surface area (Å²) in [4.78, 5) is 12.0. The molecule has 1 fully saturated rings. The zero-order valence-corrected chi connectivity index (χ0v) is 18.1. The van der Waals surface area contributed by atoms with Gasteiger partial charge in [-0.05, 0) is 60.7 Å². The lowest BCUT2D eigenvalue weighted by Crippen LogP contribution is -2.17. The summed E-state index contributed by atoms with van der Waals surface area (Å²) < 4.78 is 35.9. The van der Waals surface area contributed by atoms with E-state index in [1.54, 1.807) is 41.2 Å². The topological polar surface area (TPSA) is 101 Å². The molecule has 2 aromatic carbocycles. The van der Waals surface area contributed by atoms with Crippen LogP contribution in [-0.2, 0) is 14.8 Å². The Kier molecular flexibility index (Phi) is 5.48. The van der Waals surface area contributed by atoms with Crippen molar-refractivity contribution in [2.75, 3.05) is 11.8 Å². The number of sulfonamides is 1. The van der Waals surface area contributed by atoms with Gasteiger partial charge in [-0.1, -0.05) is 17.7 Å². The van der Waals surface area contributed by atoms with Gasteiger partial charge in [0, 0.05) is 12.4 Å². The summed E-state index contributed by atoms with van der Waals surface area (Å²) >= 11 is 6.19. The fraction of sp³-hybridized carbons (Fsp3) is 0.182. The molecular formula is C22H18ClN3O4S. The minimum atomic E-state index is -4.09. The first-order chi connectivity index (χ1) is 14.8. The van der Waals surface area contributed by atoms with Crippen LogP contribution in [0.4, 0.5) is 5.69 Å². The van der Waals surface area contributed by atoms with Crippen molar-refractivity contribution < 1.29 is 17.9 Å². The van der Waals surface area contributed by atoms with E-state index in [0.29, 0.717) is 11.3 Å². The van der Waals surface area contributed by atoms with Gasteiger partial charge >= 0.3 is 5.97 Å². The van der Waals surface area contributed by atoms with Crippen molar-refractivity contribution in [3.8, 4) is 11.8 Å². The first kappa shape index (κ1) is 21.0. The van der Waals surface area contributed by atoms with Crippen LogP contribution in [0.5, 0.6) is 0 Å². The normalized spacial score (nSPS) is 13.5. The molecule has 9 heteroatoms. The van der Waals surface area contributed by atoms with Gasteiger partial charge in [0.25, 0.3) is 10.0 Å². The van der Waals surface area contributed by atoms with Gasteiger partial charge in [-0.3, -0.25) is 4.72 Å². The van der Waals surface area contributed by atoms with E-state index in [1.807, 2.05) is 6.07 Å². The number of nitrogens with zero attached hydrogens (tertiary/aromatic N) is 2. The van der Waals surface area contributed by atoms with E-state index in [4.69, 9.17) is 16.3 Å². The number of hydrogen-bond donors (Lipinski definition) is 1. The molecule has 1 N–H and O–H groups in total. The Hall–Kier alpha value is -3.28. The molecule has 7 nitrogen and oxygen atoms in total. The number of nitriles is 1. The molecule has 4 rings (SSSR count). The van der Waals surface area contributed by atoms with Crippen molar-refractivity contribution in [3.63, 3.8) is 0 Å². The van der Waals surface area contributed by atoms with E-state index in [1.165, 1.54) is 25.3 Å². The molecule has 0 saturated heterocycles. The maximum Gasteiger partial charge on any atom is 0.337 e. The van der Waals surface area contributed by atoms with Crippen LogP contribution in [0.2, 0.25) is 5.02 Å². The third kappa shape index (κ3) is 4.15. The molecule has 3 aromatic rings. The number of aromatic nitrogens is 1. The van der Waals surface area contributed by atoms with E-state index in [2.05, 4.69) is 4.72 Å². The molecule has 0 aliphatic heterocycles. The van der Waals surface area contributed by atoms with Crippen LogP contribution in [0.1, 0.15) is 40.2 Å². The van der Waals surface area contributed by atoms with Crippen molar-refractivity contribution in [2.24, 2.45) is 0 Å². The highest BCUT2D eigenvalue weighted by Crippen LogP contribution is 2.43. The summed E-state index contributed by atoms with van der Waals surface area (Å²) in [5, 5.41) is 9.57. The van der Waals surface area contributed by atoms with E-state index < -0.39 is 16.0 Å². The summed E-state index contributed by atoms with van der Waals surface area (Å²) in [7, 11) is -2.85. The molecule has 0 spiro atoms. The zero-order valence-electron chi connectivity index (χ0n) is 16.5. The predicted octanol–water partition coefficient (Wildman–Crippen LogP) is 4.47. The van der Waals surface area contributed by atoms with E-state index in [-0.39, 0.29) is 32.7 Å². The number of halogens is 1. The van der Waals surface area contributed by atoms with Crippen LogP contribution in [0, 0.1) is 11.3 Å². The summed E-state index contributed by atoms with van der Waals surface area (Å²) in [6, 6.07) is 13.0. The molecule has 1 aliphatic rings. The predicted molar refractivity (Wildman–Crippen MR) is 116 cm³/mol. The molecule has 1 saturated carbocycles. The highest BCUT2D eigenvalue weighted by atomic mass is 35.5. The number of ether oxygens (including phenoxy) is 1. The van der Waals surface area contributed by atoms with E-state index >= 15 is 0 Å². The van der Waals surface area contributed by atoms with E-state index in [9.17, 15) is 18.5 Å². The average molecular weight is 456 g/mol. The number of benzene rings is 2. The molecule has 1 aromatic heterocycles. The molecular weight excluding hydrogens is 438 g/mol. The molecule has 0 unspecified atom stereocenters. The van der Waals surface area contributed by atoms with Crippen LogP contribution < -0.4 is 4.72 Å². The number of nitrogens with one attached hydrogen (secondary N) is 1. The number of carbonyl (C=O) groups excluding carboxylic acids is 1. The third-order valence-electron chi connectivity index (χ3n) is 5.07. The van der Waals surface area contributed by atoms with Crippen molar-refractivity contribution in [2.45, 2.75) is 23.7 Å². The molecule has 0 bridgehead atoms. The van der Waals surface area contributed by atoms with Crippen LogP contribution in [0.3, 0.4) is 0 Å². The van der Waals surface area contributed by atoms with Crippen molar-refractivity contribution >= 4 is 33.3 Å². The minimum absolute atomic E-state index is 0.0183. The van der Waals surface area contributed by atoms with Gasteiger partial charge in [-0.2, -0.15) is 5.26 Å². The second kappa shape index (κ2) is 8.10. The first-order valence-corrected chi connectivity index (χ1v) is 11.3. The summed E-state index contributed by atoms with van der Waals surface area (Å²) in [6.07, 6.45) is 5.24. The maximum atomic E-state index is 13.4. The number of carbonyl (C=O) groups is 1. The Morgan fingerprint density at radius 2 is 1.94 bits per heavy atom. The van der Waals surface area contributed by atoms with Crippen LogP contribution in [-0.4, -0.2) is 26.1 Å². The Morgan fingerprint density at radius 1 is 1.23 bits per heavy atom. The van der Waals surface area contributed by atoms with Crippen LogP contribution >= 0.6 is 11.6 Å². The van der Waals surface area contributed by atoms with Crippen molar-refractivity contribution in [3.05, 3.63) is 76.6 Å². The molecule has 31 heavy (non-hydrogen) atoms. The van der Waals surface area contributed by atoms with Crippen molar-refractivity contribution in [1.29, 1.82) is 5.26 Å². The molecule has 0 radical (unpaired) electrons. The monoisotopic (exact) mass is 455 g/mol. The van der Waals surface area contributed by atoms with Gasteiger partial charge < -0.3 is 9.30 Å². The summed E-state index contributed by atoms with van der Waals surface area (Å²) in [5.74, 6) is -0.493. The lowest BCUT2D eigenvalue weighted by molar-refractivity contribution is 0.0600. The SMILES string of the molecule is COC(=O)c1ccc(C2CC2)c(S(=O)(=O)Nc2cc(C#N)c(Cl)cc2-n2cccc2)c1. The van der Waals surface area contributed by atoms with Crippen LogP contribution in [0.15, 0.2) is 59.8 Å². The number of anilines is 1. The molecule has 0 amide bonds. The van der Waals surface area contributed by atoms with E-state index in [0.717, 1.165) is 12.8 Å². The number of hydrogen-bond acceptors (Lipinski definition) is 5. The Morgan fingerprint density at radius 3 is 2.55 bits per heavy atom. The average Bonchev–Trinajstić information content (AvgIpc) is 3.47. The third-order valence-corrected chi connectivity index (χ3v) is 6.81. The zero-order chi connectivity index (χ0) is 22.2. The number of rotatable bonds is 6. The number of methoxy groups -OCH3 is 1. The summed E-state index contributed by atoms with van der Waals surface area (Å²) in [5.41, 5.74) is 1.60. The minimum Gasteiger partial charge on any atom is -0.465 e. The summed E-state index contributed by atoms with van der Waals surface area (Å²) in [6.45, 7) is 0. The molecule has 158 valence electrons. The quantitative estimate of drug-likeness (QED) is 0.552. The second-order valence-electron chi connectivity index (χ2n) is 7.18. The molecule has 1 heterocycles. The Labute approximate surface area is 184 Å². The fourth-order valence-electron chi connectivity index (χ4n) is 3.38. The van der Waals surface area contributed by atoms with Gasteiger partial charge in [0.05, 0.1) is 39.5 Å². The lowest BCUT2D eigenvalue weighted by Gasteiger charge is -2.17. The second-order valence-corrected chi connectivity index (χ2v) is 9.23. The molecule has 0 atom stereocenters. The van der Waals surface area contributed by atoms with Gasteiger partial charge in [0.15, 0.2) is 0 Å².